The Hall–Kier alpha value is -1.99. The lowest BCUT2D eigenvalue weighted by Crippen LogP contribution is -2.38. The predicted octanol–water partition coefficient (Wildman–Crippen LogP) is 1.45. The molecule has 0 unspecified atom stereocenters. The van der Waals surface area contributed by atoms with Gasteiger partial charge in [-0.05, 0) is 32.0 Å². The van der Waals surface area contributed by atoms with E-state index in [2.05, 4.69) is 15.6 Å². The average Bonchev–Trinajstić information content (AvgIpc) is 2.83. The second-order valence-electron chi connectivity index (χ2n) is 4.64. The van der Waals surface area contributed by atoms with Crippen LogP contribution < -0.4 is 11.1 Å². The third-order valence-corrected chi connectivity index (χ3v) is 3.28. The van der Waals surface area contributed by atoms with Crippen LogP contribution in [-0.4, -0.2) is 33.5 Å². The summed E-state index contributed by atoms with van der Waals surface area (Å²) in [6.07, 6.45) is 0. The van der Waals surface area contributed by atoms with Crippen molar-refractivity contribution in [3.8, 4) is 5.69 Å². The molecule has 0 spiro atoms. The van der Waals surface area contributed by atoms with Crippen molar-refractivity contribution in [1.29, 1.82) is 0 Å². The standard InChI is InChI=1S/C13H15ClFN5O/c1-7(6-16)17-13(21)12-8(2)20(19-18-12)9-3-4-11(15)10(14)5-9/h3-5,7H,6,16H2,1-2H3,(H,17,21)/t7-/m0/s1. The summed E-state index contributed by atoms with van der Waals surface area (Å²) in [6.45, 7) is 3.81. The predicted molar refractivity (Wildman–Crippen MR) is 77.0 cm³/mol. The molecule has 1 amide bonds. The summed E-state index contributed by atoms with van der Waals surface area (Å²) < 4.78 is 14.6. The molecule has 0 aliphatic rings. The minimum Gasteiger partial charge on any atom is -0.347 e. The van der Waals surface area contributed by atoms with Crippen LogP contribution in [0.4, 0.5) is 4.39 Å². The highest BCUT2D eigenvalue weighted by atomic mass is 35.5. The largest absolute Gasteiger partial charge is 0.347 e. The van der Waals surface area contributed by atoms with Crippen LogP contribution in [0.25, 0.3) is 5.69 Å². The summed E-state index contributed by atoms with van der Waals surface area (Å²) in [5.74, 6) is -0.877. The van der Waals surface area contributed by atoms with Gasteiger partial charge in [0.25, 0.3) is 5.91 Å². The molecule has 1 heterocycles. The highest BCUT2D eigenvalue weighted by molar-refractivity contribution is 6.30. The molecule has 8 heteroatoms. The molecule has 0 saturated carbocycles. The highest BCUT2D eigenvalue weighted by Gasteiger charge is 2.18. The minimum atomic E-state index is -0.520. The monoisotopic (exact) mass is 311 g/mol. The summed E-state index contributed by atoms with van der Waals surface area (Å²) in [6, 6.07) is 3.99. The molecule has 0 fully saturated rings. The summed E-state index contributed by atoms with van der Waals surface area (Å²) in [7, 11) is 0. The topological polar surface area (TPSA) is 85.8 Å². The van der Waals surface area contributed by atoms with E-state index in [-0.39, 0.29) is 22.7 Å². The summed E-state index contributed by atoms with van der Waals surface area (Å²) >= 11 is 5.74. The number of amides is 1. The lowest BCUT2D eigenvalue weighted by atomic mass is 10.2. The van der Waals surface area contributed by atoms with Crippen LogP contribution in [-0.2, 0) is 0 Å². The molecule has 1 aromatic heterocycles. The van der Waals surface area contributed by atoms with Crippen molar-refractivity contribution in [2.24, 2.45) is 5.73 Å². The van der Waals surface area contributed by atoms with Crippen molar-refractivity contribution in [1.82, 2.24) is 20.3 Å². The van der Waals surface area contributed by atoms with E-state index >= 15 is 0 Å². The lowest BCUT2D eigenvalue weighted by molar-refractivity contribution is 0.0935. The van der Waals surface area contributed by atoms with E-state index in [1.165, 1.54) is 22.9 Å². The molecule has 0 aliphatic heterocycles. The van der Waals surface area contributed by atoms with Gasteiger partial charge in [0, 0.05) is 12.6 Å². The van der Waals surface area contributed by atoms with Gasteiger partial charge in [-0.15, -0.1) is 5.10 Å². The zero-order valence-corrected chi connectivity index (χ0v) is 12.4. The van der Waals surface area contributed by atoms with Gasteiger partial charge in [-0.25, -0.2) is 9.07 Å². The number of hydrogen-bond donors (Lipinski definition) is 2. The van der Waals surface area contributed by atoms with Crippen LogP contribution in [0.2, 0.25) is 5.02 Å². The van der Waals surface area contributed by atoms with Gasteiger partial charge in [-0.1, -0.05) is 16.8 Å². The fraction of sp³-hybridized carbons (Fsp3) is 0.308. The van der Waals surface area contributed by atoms with Crippen LogP contribution in [0.3, 0.4) is 0 Å². The number of carbonyl (C=O) groups is 1. The Balaban J connectivity index is 2.32. The Labute approximate surface area is 126 Å². The quantitative estimate of drug-likeness (QED) is 0.894. The van der Waals surface area contributed by atoms with Crippen LogP contribution in [0.15, 0.2) is 18.2 Å². The number of halogens is 2. The normalized spacial score (nSPS) is 12.2. The molecule has 0 bridgehead atoms. The zero-order valence-electron chi connectivity index (χ0n) is 11.6. The van der Waals surface area contributed by atoms with Crippen molar-refractivity contribution in [2.45, 2.75) is 19.9 Å². The van der Waals surface area contributed by atoms with Gasteiger partial charge < -0.3 is 11.1 Å². The van der Waals surface area contributed by atoms with Crippen LogP contribution in [0.5, 0.6) is 0 Å². The van der Waals surface area contributed by atoms with Gasteiger partial charge in [-0.3, -0.25) is 4.79 Å². The Morgan fingerprint density at radius 1 is 1.57 bits per heavy atom. The molecule has 2 rings (SSSR count). The van der Waals surface area contributed by atoms with Gasteiger partial charge in [0.05, 0.1) is 16.4 Å². The molecule has 21 heavy (non-hydrogen) atoms. The first-order valence-corrected chi connectivity index (χ1v) is 6.70. The molecule has 0 aliphatic carbocycles. The van der Waals surface area contributed by atoms with Gasteiger partial charge >= 0.3 is 0 Å². The van der Waals surface area contributed by atoms with Crippen LogP contribution in [0.1, 0.15) is 23.1 Å². The smallest absolute Gasteiger partial charge is 0.274 e. The first-order chi connectivity index (χ1) is 9.93. The zero-order chi connectivity index (χ0) is 15.6. The maximum Gasteiger partial charge on any atom is 0.274 e. The van der Waals surface area contributed by atoms with Crippen LogP contribution >= 0.6 is 11.6 Å². The van der Waals surface area contributed by atoms with Gasteiger partial charge in [-0.2, -0.15) is 0 Å². The van der Waals surface area contributed by atoms with Crippen molar-refractivity contribution in [3.63, 3.8) is 0 Å². The molecule has 1 atom stereocenters. The Morgan fingerprint density at radius 3 is 2.90 bits per heavy atom. The van der Waals surface area contributed by atoms with E-state index in [1.54, 1.807) is 13.8 Å². The number of carbonyl (C=O) groups excluding carboxylic acids is 1. The van der Waals surface area contributed by atoms with Gasteiger partial charge in [0.15, 0.2) is 5.69 Å². The first kappa shape index (κ1) is 15.4. The number of benzene rings is 1. The van der Waals surface area contributed by atoms with E-state index in [1.807, 2.05) is 0 Å². The molecule has 3 N–H and O–H groups in total. The van der Waals surface area contributed by atoms with E-state index in [0.29, 0.717) is 17.9 Å². The Morgan fingerprint density at radius 2 is 2.29 bits per heavy atom. The number of nitrogens with zero attached hydrogens (tertiary/aromatic N) is 3. The average molecular weight is 312 g/mol. The second-order valence-corrected chi connectivity index (χ2v) is 5.05. The number of rotatable bonds is 4. The number of nitrogens with two attached hydrogens (primary N) is 1. The molecule has 6 nitrogen and oxygen atoms in total. The molecule has 112 valence electrons. The maximum absolute atomic E-state index is 13.2. The minimum absolute atomic E-state index is 0.0230. The summed E-state index contributed by atoms with van der Waals surface area (Å²) in [5.41, 5.74) is 6.70. The second kappa shape index (κ2) is 6.19. The molecular weight excluding hydrogens is 297 g/mol. The molecular formula is C13H15ClFN5O. The van der Waals surface area contributed by atoms with E-state index in [9.17, 15) is 9.18 Å². The highest BCUT2D eigenvalue weighted by Crippen LogP contribution is 2.20. The number of nitrogens with one attached hydrogen (secondary N) is 1. The third kappa shape index (κ3) is 3.20. The first-order valence-electron chi connectivity index (χ1n) is 6.32. The Kier molecular flexibility index (Phi) is 4.54. The van der Waals surface area contributed by atoms with E-state index < -0.39 is 5.82 Å². The number of hydrogen-bond acceptors (Lipinski definition) is 4. The maximum atomic E-state index is 13.2. The van der Waals surface area contributed by atoms with Crippen molar-refractivity contribution in [3.05, 3.63) is 40.4 Å². The summed E-state index contributed by atoms with van der Waals surface area (Å²) in [4.78, 5) is 12.0. The molecule has 0 radical (unpaired) electrons. The molecule has 1 aromatic carbocycles. The fourth-order valence-electron chi connectivity index (χ4n) is 1.75. The van der Waals surface area contributed by atoms with Gasteiger partial charge in [0.2, 0.25) is 0 Å². The SMILES string of the molecule is Cc1c(C(=O)N[C@@H](C)CN)nnn1-c1ccc(F)c(Cl)c1. The molecule has 0 saturated heterocycles. The lowest BCUT2D eigenvalue weighted by Gasteiger charge is -2.10. The molecule has 2 aromatic rings. The number of aromatic nitrogens is 3. The van der Waals surface area contributed by atoms with Crippen molar-refractivity contribution >= 4 is 17.5 Å². The Bertz CT molecular complexity index is 673. The summed E-state index contributed by atoms with van der Waals surface area (Å²) in [5, 5.41) is 10.4. The van der Waals surface area contributed by atoms with Crippen molar-refractivity contribution < 1.29 is 9.18 Å². The van der Waals surface area contributed by atoms with Crippen LogP contribution in [0, 0.1) is 12.7 Å². The van der Waals surface area contributed by atoms with E-state index in [4.69, 9.17) is 17.3 Å². The van der Waals surface area contributed by atoms with Crippen molar-refractivity contribution in [2.75, 3.05) is 6.54 Å². The third-order valence-electron chi connectivity index (χ3n) is 2.99. The van der Waals surface area contributed by atoms with Gasteiger partial charge in [0.1, 0.15) is 5.82 Å². The van der Waals surface area contributed by atoms with E-state index in [0.717, 1.165) is 0 Å². The fourth-order valence-corrected chi connectivity index (χ4v) is 1.93.